The molecule has 1 N–H and O–H groups in total. The Morgan fingerprint density at radius 1 is 1.29 bits per heavy atom. The lowest BCUT2D eigenvalue weighted by Crippen LogP contribution is -2.54. The van der Waals surface area contributed by atoms with Gasteiger partial charge < -0.3 is 15.0 Å². The van der Waals surface area contributed by atoms with Crippen LogP contribution in [0.25, 0.3) is 0 Å². The van der Waals surface area contributed by atoms with Crippen LogP contribution < -0.4 is 5.32 Å². The summed E-state index contributed by atoms with van der Waals surface area (Å²) in [5.41, 5.74) is 0. The summed E-state index contributed by atoms with van der Waals surface area (Å²) in [4.78, 5) is 13.9. The van der Waals surface area contributed by atoms with E-state index in [1.165, 1.54) is 22.7 Å². The summed E-state index contributed by atoms with van der Waals surface area (Å²) in [7, 11) is -0.349. The van der Waals surface area contributed by atoms with Gasteiger partial charge in [0.05, 0.1) is 13.2 Å². The molecule has 8 nitrogen and oxygen atoms in total. The average molecular weight is 320 g/mol. The predicted octanol–water partition coefficient (Wildman–Crippen LogP) is -1.68. The van der Waals surface area contributed by atoms with E-state index in [1.807, 2.05) is 0 Å². The van der Waals surface area contributed by atoms with Crippen molar-refractivity contribution in [2.24, 2.45) is 0 Å². The Labute approximate surface area is 126 Å². The van der Waals surface area contributed by atoms with Gasteiger partial charge in [0, 0.05) is 59.3 Å². The van der Waals surface area contributed by atoms with Crippen molar-refractivity contribution in [3.8, 4) is 0 Å². The molecule has 2 saturated heterocycles. The normalized spacial score (nSPS) is 25.3. The van der Waals surface area contributed by atoms with Gasteiger partial charge in [0.1, 0.15) is 0 Å². The number of carbonyl (C=O) groups is 1. The molecule has 2 aliphatic heterocycles. The molecule has 0 saturated carbocycles. The lowest BCUT2D eigenvalue weighted by atomic mass is 10.1. The molecule has 0 aromatic rings. The minimum absolute atomic E-state index is 0.0555. The van der Waals surface area contributed by atoms with E-state index in [4.69, 9.17) is 4.74 Å². The van der Waals surface area contributed by atoms with E-state index in [2.05, 4.69) is 5.32 Å². The third-order valence-electron chi connectivity index (χ3n) is 3.80. The first-order chi connectivity index (χ1) is 9.91. The molecule has 0 aromatic carbocycles. The SMILES string of the molecule is CN(C)S(=O)(=O)N1CCN(C(=O)CC2COCCN2)CC1. The molecule has 0 aliphatic carbocycles. The number of hydrogen-bond donors (Lipinski definition) is 1. The molecule has 0 radical (unpaired) electrons. The number of rotatable bonds is 4. The Morgan fingerprint density at radius 2 is 1.95 bits per heavy atom. The highest BCUT2D eigenvalue weighted by atomic mass is 32.2. The molecule has 21 heavy (non-hydrogen) atoms. The Bertz CT molecular complexity index is 454. The van der Waals surface area contributed by atoms with E-state index < -0.39 is 10.2 Å². The van der Waals surface area contributed by atoms with E-state index in [1.54, 1.807) is 4.90 Å². The zero-order valence-corrected chi connectivity index (χ0v) is 13.4. The highest BCUT2D eigenvalue weighted by Crippen LogP contribution is 2.11. The molecule has 1 amide bonds. The van der Waals surface area contributed by atoms with E-state index in [9.17, 15) is 13.2 Å². The first kappa shape index (κ1) is 16.6. The van der Waals surface area contributed by atoms with Crippen molar-refractivity contribution in [2.45, 2.75) is 12.5 Å². The molecule has 122 valence electrons. The summed E-state index contributed by atoms with van der Waals surface area (Å²) in [6.07, 6.45) is 0.403. The van der Waals surface area contributed by atoms with Crippen LogP contribution in [0.2, 0.25) is 0 Å². The van der Waals surface area contributed by atoms with Gasteiger partial charge in [-0.1, -0.05) is 0 Å². The summed E-state index contributed by atoms with van der Waals surface area (Å²) < 4.78 is 32.0. The van der Waals surface area contributed by atoms with Crippen molar-refractivity contribution in [1.29, 1.82) is 0 Å². The maximum Gasteiger partial charge on any atom is 0.281 e. The zero-order valence-electron chi connectivity index (χ0n) is 12.6. The van der Waals surface area contributed by atoms with Gasteiger partial charge >= 0.3 is 0 Å². The predicted molar refractivity (Wildman–Crippen MR) is 78.0 cm³/mol. The summed E-state index contributed by atoms with van der Waals surface area (Å²) in [5, 5.41) is 3.25. The number of hydrogen-bond acceptors (Lipinski definition) is 5. The average Bonchev–Trinajstić information content (AvgIpc) is 2.48. The number of nitrogens with one attached hydrogen (secondary N) is 1. The maximum absolute atomic E-state index is 12.2. The lowest BCUT2D eigenvalue weighted by molar-refractivity contribution is -0.133. The first-order valence-electron chi connectivity index (χ1n) is 7.18. The molecule has 1 unspecified atom stereocenters. The molecule has 2 fully saturated rings. The zero-order chi connectivity index (χ0) is 15.5. The molecule has 9 heteroatoms. The molecule has 2 rings (SSSR count). The summed E-state index contributed by atoms with van der Waals surface area (Å²) in [6, 6.07) is 0.0646. The molecule has 0 bridgehead atoms. The molecule has 2 aliphatic rings. The number of carbonyl (C=O) groups excluding carboxylic acids is 1. The number of amides is 1. The molecule has 1 atom stereocenters. The van der Waals surface area contributed by atoms with Crippen molar-refractivity contribution in [3.05, 3.63) is 0 Å². The molecular formula is C12H24N4O4S. The third-order valence-corrected chi connectivity index (χ3v) is 5.74. The number of morpholine rings is 1. The Kier molecular flexibility index (Phi) is 5.55. The van der Waals surface area contributed by atoms with Gasteiger partial charge in [-0.15, -0.1) is 0 Å². The molecule has 0 aromatic heterocycles. The summed E-state index contributed by atoms with van der Waals surface area (Å²) in [5.74, 6) is 0.0555. The quantitative estimate of drug-likeness (QED) is 0.669. The second kappa shape index (κ2) is 7.01. The van der Waals surface area contributed by atoms with Crippen LogP contribution in [0.3, 0.4) is 0 Å². The van der Waals surface area contributed by atoms with E-state index in [0.29, 0.717) is 45.8 Å². The Morgan fingerprint density at radius 3 is 2.48 bits per heavy atom. The Balaban J connectivity index is 1.82. The largest absolute Gasteiger partial charge is 0.378 e. The minimum Gasteiger partial charge on any atom is -0.378 e. The fraction of sp³-hybridized carbons (Fsp3) is 0.917. The highest BCUT2D eigenvalue weighted by Gasteiger charge is 2.30. The third kappa shape index (κ3) is 4.13. The van der Waals surface area contributed by atoms with E-state index in [-0.39, 0.29) is 11.9 Å². The maximum atomic E-state index is 12.2. The van der Waals surface area contributed by atoms with Crippen molar-refractivity contribution >= 4 is 16.1 Å². The van der Waals surface area contributed by atoms with Gasteiger partial charge in [0.25, 0.3) is 10.2 Å². The van der Waals surface area contributed by atoms with Crippen LogP contribution in [0.1, 0.15) is 6.42 Å². The Hall–Kier alpha value is -0.740. The number of nitrogens with zero attached hydrogens (tertiary/aromatic N) is 3. The van der Waals surface area contributed by atoms with Crippen LogP contribution in [0.4, 0.5) is 0 Å². The summed E-state index contributed by atoms with van der Waals surface area (Å²) in [6.45, 7) is 3.60. The fourth-order valence-corrected chi connectivity index (χ4v) is 3.58. The molecular weight excluding hydrogens is 296 g/mol. The second-order valence-corrected chi connectivity index (χ2v) is 7.64. The van der Waals surface area contributed by atoms with Crippen molar-refractivity contribution < 1.29 is 17.9 Å². The minimum atomic E-state index is -3.38. The lowest BCUT2D eigenvalue weighted by Gasteiger charge is -2.36. The van der Waals surface area contributed by atoms with Crippen molar-refractivity contribution in [3.63, 3.8) is 0 Å². The standard InChI is InChI=1S/C12H24N4O4S/c1-14(2)21(18,19)16-6-4-15(5-7-16)12(17)9-11-10-20-8-3-13-11/h11,13H,3-10H2,1-2H3. The monoisotopic (exact) mass is 320 g/mol. The van der Waals surface area contributed by atoms with Gasteiger partial charge in [-0.2, -0.15) is 17.0 Å². The van der Waals surface area contributed by atoms with Crippen molar-refractivity contribution in [2.75, 3.05) is 60.0 Å². The summed E-state index contributed by atoms with van der Waals surface area (Å²) >= 11 is 0. The smallest absolute Gasteiger partial charge is 0.281 e. The van der Waals surface area contributed by atoms with Gasteiger partial charge in [0.15, 0.2) is 0 Å². The molecule has 0 spiro atoms. The van der Waals surface area contributed by atoms with Crippen LogP contribution in [-0.4, -0.2) is 93.9 Å². The van der Waals surface area contributed by atoms with E-state index >= 15 is 0 Å². The van der Waals surface area contributed by atoms with Crippen LogP contribution >= 0.6 is 0 Å². The van der Waals surface area contributed by atoms with Crippen molar-refractivity contribution in [1.82, 2.24) is 18.8 Å². The number of piperazine rings is 1. The van der Waals surface area contributed by atoms with Gasteiger partial charge in [-0.05, 0) is 0 Å². The number of ether oxygens (including phenoxy) is 1. The van der Waals surface area contributed by atoms with E-state index in [0.717, 1.165) is 6.54 Å². The highest BCUT2D eigenvalue weighted by molar-refractivity contribution is 7.86. The van der Waals surface area contributed by atoms with Gasteiger partial charge in [-0.3, -0.25) is 4.79 Å². The first-order valence-corrected chi connectivity index (χ1v) is 8.57. The van der Waals surface area contributed by atoms with Crippen LogP contribution in [-0.2, 0) is 19.7 Å². The topological polar surface area (TPSA) is 82.2 Å². The van der Waals surface area contributed by atoms with Crippen LogP contribution in [0, 0.1) is 0 Å². The van der Waals surface area contributed by atoms with Gasteiger partial charge in [0.2, 0.25) is 5.91 Å². The fourth-order valence-electron chi connectivity index (χ4n) is 2.49. The molecule has 2 heterocycles. The van der Waals surface area contributed by atoms with Gasteiger partial charge in [-0.25, -0.2) is 0 Å². The van der Waals surface area contributed by atoms with Crippen LogP contribution in [0.5, 0.6) is 0 Å². The van der Waals surface area contributed by atoms with Crippen LogP contribution in [0.15, 0.2) is 0 Å². The second-order valence-electron chi connectivity index (χ2n) is 5.50.